The van der Waals surface area contributed by atoms with E-state index in [1.54, 1.807) is 0 Å². The Morgan fingerprint density at radius 3 is 2.89 bits per heavy atom. The molecule has 0 bridgehead atoms. The summed E-state index contributed by atoms with van der Waals surface area (Å²) in [7, 11) is 0. The van der Waals surface area contributed by atoms with Gasteiger partial charge in [-0.15, -0.1) is 0 Å². The van der Waals surface area contributed by atoms with Gasteiger partial charge in [-0.05, 0) is 37.3 Å². The maximum absolute atomic E-state index is 11.7. The number of carbonyl (C=O) groups is 1. The van der Waals surface area contributed by atoms with E-state index < -0.39 is 5.91 Å². The molecule has 0 atom stereocenters. The number of aromatic hydroxyl groups is 2. The van der Waals surface area contributed by atoms with Gasteiger partial charge in [0.15, 0.2) is 11.5 Å². The summed E-state index contributed by atoms with van der Waals surface area (Å²) >= 11 is 0. The molecule has 0 aromatic heterocycles. The number of phenolic OH excluding ortho intramolecular Hbond substituents is 2. The molecule has 0 radical (unpaired) electrons. The molecule has 0 unspecified atom stereocenters. The van der Waals surface area contributed by atoms with Crippen LogP contribution in [0.15, 0.2) is 18.2 Å². The van der Waals surface area contributed by atoms with Gasteiger partial charge in [0.25, 0.3) is 5.91 Å². The lowest BCUT2D eigenvalue weighted by atomic mass is 10.1. The van der Waals surface area contributed by atoms with E-state index in [0.29, 0.717) is 13.2 Å². The zero-order chi connectivity index (χ0) is 13.7. The molecule has 0 spiro atoms. The Hall–Kier alpha value is -1.75. The fraction of sp³-hybridized carbons (Fsp3) is 0.500. The van der Waals surface area contributed by atoms with Crippen LogP contribution in [0, 0.1) is 5.92 Å². The lowest BCUT2D eigenvalue weighted by Crippen LogP contribution is -2.25. The molecule has 0 aliphatic heterocycles. The van der Waals surface area contributed by atoms with Crippen molar-refractivity contribution in [2.45, 2.75) is 19.3 Å². The zero-order valence-corrected chi connectivity index (χ0v) is 10.8. The minimum Gasteiger partial charge on any atom is -0.504 e. The molecule has 1 saturated carbocycles. The van der Waals surface area contributed by atoms with Crippen LogP contribution in [0.1, 0.15) is 29.6 Å². The smallest absolute Gasteiger partial charge is 0.255 e. The number of carbonyl (C=O) groups excluding carboxylic acids is 1. The van der Waals surface area contributed by atoms with E-state index in [9.17, 15) is 15.0 Å². The summed E-state index contributed by atoms with van der Waals surface area (Å²) in [5, 5.41) is 21.5. The first-order chi connectivity index (χ1) is 9.18. The van der Waals surface area contributed by atoms with Gasteiger partial charge >= 0.3 is 0 Å². The van der Waals surface area contributed by atoms with Gasteiger partial charge in [0, 0.05) is 19.8 Å². The maximum atomic E-state index is 11.7. The van der Waals surface area contributed by atoms with Crippen molar-refractivity contribution in [1.29, 1.82) is 0 Å². The number of hydrogen-bond donors (Lipinski definition) is 3. The highest BCUT2D eigenvalue weighted by Gasteiger charge is 2.20. The van der Waals surface area contributed by atoms with Gasteiger partial charge in [-0.1, -0.05) is 6.07 Å². The van der Waals surface area contributed by atoms with Crippen LogP contribution in [0.3, 0.4) is 0 Å². The Balaban J connectivity index is 1.67. The van der Waals surface area contributed by atoms with E-state index in [-0.39, 0.29) is 17.1 Å². The lowest BCUT2D eigenvalue weighted by molar-refractivity contribution is 0.0934. The van der Waals surface area contributed by atoms with Crippen LogP contribution in [0.2, 0.25) is 0 Å². The third-order valence-electron chi connectivity index (χ3n) is 3.06. The Kier molecular flexibility index (Phi) is 4.63. The van der Waals surface area contributed by atoms with Crippen LogP contribution in [-0.2, 0) is 4.74 Å². The Morgan fingerprint density at radius 1 is 1.37 bits per heavy atom. The van der Waals surface area contributed by atoms with Gasteiger partial charge in [-0.3, -0.25) is 4.79 Å². The highest BCUT2D eigenvalue weighted by molar-refractivity contribution is 5.97. The number of hydrogen-bond acceptors (Lipinski definition) is 4. The number of benzene rings is 1. The molecule has 0 heterocycles. The van der Waals surface area contributed by atoms with Crippen molar-refractivity contribution in [3.8, 4) is 11.5 Å². The molecule has 3 N–H and O–H groups in total. The van der Waals surface area contributed by atoms with E-state index in [1.807, 2.05) is 0 Å². The van der Waals surface area contributed by atoms with Crippen LogP contribution >= 0.6 is 0 Å². The largest absolute Gasteiger partial charge is 0.504 e. The topological polar surface area (TPSA) is 78.8 Å². The van der Waals surface area contributed by atoms with Crippen molar-refractivity contribution < 1.29 is 19.7 Å². The molecule has 1 aliphatic carbocycles. The summed E-state index contributed by atoms with van der Waals surface area (Å²) < 4.78 is 5.45. The molecule has 0 saturated heterocycles. The van der Waals surface area contributed by atoms with E-state index >= 15 is 0 Å². The summed E-state index contributed by atoms with van der Waals surface area (Å²) in [5.74, 6) is -0.320. The second-order valence-electron chi connectivity index (χ2n) is 4.80. The monoisotopic (exact) mass is 265 g/mol. The average molecular weight is 265 g/mol. The van der Waals surface area contributed by atoms with Crippen molar-refractivity contribution in [3.05, 3.63) is 23.8 Å². The van der Waals surface area contributed by atoms with Crippen LogP contribution in [-0.4, -0.2) is 35.9 Å². The van der Waals surface area contributed by atoms with Crippen LogP contribution in [0.25, 0.3) is 0 Å². The molecule has 1 aliphatic rings. The van der Waals surface area contributed by atoms with E-state index in [0.717, 1.165) is 18.9 Å². The van der Waals surface area contributed by atoms with Crippen molar-refractivity contribution in [3.63, 3.8) is 0 Å². The number of nitrogens with one attached hydrogen (secondary N) is 1. The number of ether oxygens (including phenoxy) is 1. The standard InChI is InChI=1S/C14H19NO4/c16-12-4-1-3-11(13(12)17)14(18)15-7-2-8-19-9-10-5-6-10/h1,3-4,10,16-17H,2,5-9H2,(H,15,18). The number of rotatable bonds is 7. The minimum atomic E-state index is -0.393. The Bertz CT molecular complexity index is 443. The summed E-state index contributed by atoms with van der Waals surface area (Å²) in [6.45, 7) is 1.93. The molecule has 104 valence electrons. The molecule has 1 fully saturated rings. The van der Waals surface area contributed by atoms with Crippen LogP contribution < -0.4 is 5.32 Å². The van der Waals surface area contributed by atoms with Crippen molar-refractivity contribution in [2.75, 3.05) is 19.8 Å². The normalized spacial score (nSPS) is 14.3. The first-order valence-electron chi connectivity index (χ1n) is 6.55. The fourth-order valence-electron chi connectivity index (χ4n) is 1.72. The van der Waals surface area contributed by atoms with Crippen LogP contribution in [0.4, 0.5) is 0 Å². The highest BCUT2D eigenvalue weighted by atomic mass is 16.5. The van der Waals surface area contributed by atoms with Gasteiger partial charge in [-0.25, -0.2) is 0 Å². The minimum absolute atomic E-state index is 0.0823. The third kappa shape index (κ3) is 4.13. The number of para-hydroxylation sites is 1. The van der Waals surface area contributed by atoms with Gasteiger partial charge in [0.2, 0.25) is 0 Å². The molecule has 2 rings (SSSR count). The van der Waals surface area contributed by atoms with Gasteiger partial charge < -0.3 is 20.3 Å². The highest BCUT2D eigenvalue weighted by Crippen LogP contribution is 2.29. The third-order valence-corrected chi connectivity index (χ3v) is 3.06. The van der Waals surface area contributed by atoms with Crippen LogP contribution in [0.5, 0.6) is 11.5 Å². The summed E-state index contributed by atoms with van der Waals surface area (Å²) in [5.41, 5.74) is 0.0823. The predicted octanol–water partition coefficient (Wildman–Crippen LogP) is 1.64. The average Bonchev–Trinajstić information content (AvgIpc) is 3.20. The molecule has 1 amide bonds. The molecule has 1 aromatic carbocycles. The number of phenols is 2. The first kappa shape index (κ1) is 13.7. The van der Waals surface area contributed by atoms with Gasteiger partial charge in [-0.2, -0.15) is 0 Å². The van der Waals surface area contributed by atoms with E-state index in [4.69, 9.17) is 4.74 Å². The van der Waals surface area contributed by atoms with Gasteiger partial charge in [0.1, 0.15) is 0 Å². The second-order valence-corrected chi connectivity index (χ2v) is 4.80. The molecule has 5 nitrogen and oxygen atoms in total. The predicted molar refractivity (Wildman–Crippen MR) is 70.3 cm³/mol. The van der Waals surface area contributed by atoms with Gasteiger partial charge in [0.05, 0.1) is 5.56 Å². The maximum Gasteiger partial charge on any atom is 0.255 e. The Morgan fingerprint density at radius 2 is 2.16 bits per heavy atom. The molecule has 5 heteroatoms. The Labute approximate surface area is 112 Å². The zero-order valence-electron chi connectivity index (χ0n) is 10.8. The second kappa shape index (κ2) is 6.43. The molecule has 19 heavy (non-hydrogen) atoms. The molecular weight excluding hydrogens is 246 g/mol. The van der Waals surface area contributed by atoms with E-state index in [1.165, 1.54) is 31.0 Å². The van der Waals surface area contributed by atoms with Crippen molar-refractivity contribution in [1.82, 2.24) is 5.32 Å². The SMILES string of the molecule is O=C(NCCCOCC1CC1)c1cccc(O)c1O. The number of amides is 1. The molecular formula is C14H19NO4. The summed E-state index contributed by atoms with van der Waals surface area (Å²) in [6.07, 6.45) is 3.28. The van der Waals surface area contributed by atoms with Crippen molar-refractivity contribution in [2.24, 2.45) is 5.92 Å². The lowest BCUT2D eigenvalue weighted by Gasteiger charge is -2.08. The quantitative estimate of drug-likeness (QED) is 0.517. The summed E-state index contributed by atoms with van der Waals surface area (Å²) in [6, 6.07) is 4.31. The molecule has 1 aromatic rings. The first-order valence-corrected chi connectivity index (χ1v) is 6.55. The van der Waals surface area contributed by atoms with Crippen molar-refractivity contribution >= 4 is 5.91 Å². The van der Waals surface area contributed by atoms with E-state index in [2.05, 4.69) is 5.32 Å². The summed E-state index contributed by atoms with van der Waals surface area (Å²) in [4.78, 5) is 11.7. The fourth-order valence-corrected chi connectivity index (χ4v) is 1.72.